The summed E-state index contributed by atoms with van der Waals surface area (Å²) in [4.78, 5) is 14.4. The van der Waals surface area contributed by atoms with Crippen LogP contribution in [0.2, 0.25) is 0 Å². The maximum absolute atomic E-state index is 12.0. The van der Waals surface area contributed by atoms with E-state index in [9.17, 15) is 4.79 Å². The van der Waals surface area contributed by atoms with E-state index in [4.69, 9.17) is 0 Å². The lowest BCUT2D eigenvalue weighted by molar-refractivity contribution is -0.122. The van der Waals surface area contributed by atoms with E-state index in [1.165, 1.54) is 5.56 Å². The summed E-state index contributed by atoms with van der Waals surface area (Å²) < 4.78 is 0. The minimum atomic E-state index is 0.227. The molecule has 0 spiro atoms. The minimum Gasteiger partial charge on any atom is -0.354 e. The van der Waals surface area contributed by atoms with Gasteiger partial charge < -0.3 is 5.32 Å². The fourth-order valence-electron chi connectivity index (χ4n) is 2.81. The van der Waals surface area contributed by atoms with Crippen molar-refractivity contribution in [2.45, 2.75) is 33.2 Å². The lowest BCUT2D eigenvalue weighted by Gasteiger charge is -2.30. The molecule has 1 fully saturated rings. The van der Waals surface area contributed by atoms with E-state index < -0.39 is 0 Å². The number of nitrogens with one attached hydrogen (secondary N) is 1. The summed E-state index contributed by atoms with van der Waals surface area (Å²) in [5.74, 6) is 1.05. The van der Waals surface area contributed by atoms with Crippen LogP contribution in [-0.4, -0.2) is 30.4 Å². The highest BCUT2D eigenvalue weighted by molar-refractivity contribution is 5.81. The first-order chi connectivity index (χ1) is 9.67. The lowest BCUT2D eigenvalue weighted by Crippen LogP contribution is -2.38. The third kappa shape index (κ3) is 3.60. The molecule has 20 heavy (non-hydrogen) atoms. The maximum atomic E-state index is 12.0. The SMILES string of the molecule is CCN(CC)[C@H](CNC(=O)[C@H]1C[C@@H]1C)c1ccccc1. The molecule has 1 saturated carbocycles. The maximum Gasteiger partial charge on any atom is 0.223 e. The Labute approximate surface area is 122 Å². The van der Waals surface area contributed by atoms with Crippen molar-refractivity contribution < 1.29 is 4.79 Å². The Hall–Kier alpha value is -1.35. The van der Waals surface area contributed by atoms with E-state index in [0.717, 1.165) is 19.5 Å². The van der Waals surface area contributed by atoms with Gasteiger partial charge in [-0.1, -0.05) is 51.1 Å². The summed E-state index contributed by atoms with van der Waals surface area (Å²) in [6, 6.07) is 10.7. The molecule has 0 heterocycles. The Morgan fingerprint density at radius 1 is 1.30 bits per heavy atom. The third-order valence-corrected chi connectivity index (χ3v) is 4.35. The largest absolute Gasteiger partial charge is 0.354 e. The van der Waals surface area contributed by atoms with Gasteiger partial charge in [0.1, 0.15) is 0 Å². The van der Waals surface area contributed by atoms with Crippen molar-refractivity contribution in [3.63, 3.8) is 0 Å². The monoisotopic (exact) mass is 274 g/mol. The second-order valence-corrected chi connectivity index (χ2v) is 5.71. The Bertz CT molecular complexity index is 428. The molecular formula is C17H26N2O. The molecule has 0 radical (unpaired) electrons. The standard InChI is InChI=1S/C17H26N2O/c1-4-19(5-2)16(14-9-7-6-8-10-14)12-18-17(20)15-11-13(15)3/h6-10,13,15-16H,4-5,11-12H2,1-3H3,(H,18,20)/t13-,15-,16+/m0/s1. The normalized spacial score (nSPS) is 22.6. The first-order valence-corrected chi connectivity index (χ1v) is 7.74. The van der Waals surface area contributed by atoms with Crippen LogP contribution in [-0.2, 0) is 4.79 Å². The van der Waals surface area contributed by atoms with Gasteiger partial charge in [0.15, 0.2) is 0 Å². The van der Waals surface area contributed by atoms with Gasteiger partial charge in [-0.2, -0.15) is 0 Å². The van der Waals surface area contributed by atoms with Crippen LogP contribution >= 0.6 is 0 Å². The van der Waals surface area contributed by atoms with Gasteiger partial charge >= 0.3 is 0 Å². The second kappa shape index (κ2) is 6.89. The number of carbonyl (C=O) groups excluding carboxylic acids is 1. The summed E-state index contributed by atoms with van der Waals surface area (Å²) in [5, 5.41) is 3.14. The van der Waals surface area contributed by atoms with Crippen LogP contribution in [0.4, 0.5) is 0 Å². The molecule has 0 saturated heterocycles. The molecule has 1 aromatic carbocycles. The average Bonchev–Trinajstić information content (AvgIpc) is 3.21. The summed E-state index contributed by atoms with van der Waals surface area (Å²) in [5.41, 5.74) is 1.28. The molecule has 0 bridgehead atoms. The first kappa shape index (κ1) is 15.0. The first-order valence-electron chi connectivity index (χ1n) is 7.74. The predicted octanol–water partition coefficient (Wildman–Crippen LogP) is 2.84. The van der Waals surface area contributed by atoms with Crippen LogP contribution in [0.3, 0.4) is 0 Å². The molecule has 0 aliphatic heterocycles. The number of amides is 1. The number of carbonyl (C=O) groups is 1. The van der Waals surface area contributed by atoms with Crippen molar-refractivity contribution in [3.05, 3.63) is 35.9 Å². The van der Waals surface area contributed by atoms with E-state index in [0.29, 0.717) is 12.5 Å². The van der Waals surface area contributed by atoms with Gasteiger partial charge in [0, 0.05) is 12.5 Å². The van der Waals surface area contributed by atoms with Gasteiger partial charge in [0.25, 0.3) is 0 Å². The van der Waals surface area contributed by atoms with Crippen molar-refractivity contribution in [3.8, 4) is 0 Å². The fraction of sp³-hybridized carbons (Fsp3) is 0.588. The zero-order chi connectivity index (χ0) is 14.5. The Morgan fingerprint density at radius 3 is 2.40 bits per heavy atom. The van der Waals surface area contributed by atoms with E-state index >= 15 is 0 Å². The molecule has 0 aromatic heterocycles. The van der Waals surface area contributed by atoms with Gasteiger partial charge in [-0.25, -0.2) is 0 Å². The van der Waals surface area contributed by atoms with Gasteiger partial charge in [0.05, 0.1) is 6.04 Å². The summed E-state index contributed by atoms with van der Waals surface area (Å²) in [6.07, 6.45) is 1.05. The average molecular weight is 274 g/mol. The van der Waals surface area contributed by atoms with Crippen LogP contribution in [0.15, 0.2) is 30.3 Å². The highest BCUT2D eigenvalue weighted by atomic mass is 16.2. The van der Waals surface area contributed by atoms with Crippen LogP contribution in [0, 0.1) is 11.8 Å². The summed E-state index contributed by atoms with van der Waals surface area (Å²) >= 11 is 0. The highest BCUT2D eigenvalue weighted by Gasteiger charge is 2.39. The van der Waals surface area contributed by atoms with Crippen molar-refractivity contribution in [1.82, 2.24) is 10.2 Å². The number of hydrogen-bond acceptors (Lipinski definition) is 2. The van der Waals surface area contributed by atoms with E-state index in [2.05, 4.69) is 55.3 Å². The number of nitrogens with zero attached hydrogens (tertiary/aromatic N) is 1. The van der Waals surface area contributed by atoms with Gasteiger partial charge in [-0.3, -0.25) is 9.69 Å². The third-order valence-electron chi connectivity index (χ3n) is 4.35. The molecule has 110 valence electrons. The van der Waals surface area contributed by atoms with E-state index in [1.54, 1.807) is 0 Å². The molecule has 1 amide bonds. The Kier molecular flexibility index (Phi) is 5.18. The lowest BCUT2D eigenvalue weighted by atomic mass is 10.0. The molecule has 1 N–H and O–H groups in total. The predicted molar refractivity (Wildman–Crippen MR) is 82.4 cm³/mol. The molecule has 3 atom stereocenters. The van der Waals surface area contributed by atoms with E-state index in [1.807, 2.05) is 6.07 Å². The molecule has 2 rings (SSSR count). The second-order valence-electron chi connectivity index (χ2n) is 5.71. The van der Waals surface area contributed by atoms with Crippen LogP contribution in [0.5, 0.6) is 0 Å². The van der Waals surface area contributed by atoms with Crippen molar-refractivity contribution >= 4 is 5.91 Å². The topological polar surface area (TPSA) is 32.3 Å². The Balaban J connectivity index is 2.01. The summed E-state index contributed by atoms with van der Waals surface area (Å²) in [7, 11) is 0. The van der Waals surface area contributed by atoms with Crippen molar-refractivity contribution in [2.75, 3.05) is 19.6 Å². The molecule has 1 aliphatic carbocycles. The smallest absolute Gasteiger partial charge is 0.223 e. The highest BCUT2D eigenvalue weighted by Crippen LogP contribution is 2.37. The molecule has 3 heteroatoms. The minimum absolute atomic E-state index is 0.227. The molecule has 1 aromatic rings. The van der Waals surface area contributed by atoms with Gasteiger partial charge in [-0.05, 0) is 31.0 Å². The Morgan fingerprint density at radius 2 is 1.90 bits per heavy atom. The molecule has 1 aliphatic rings. The van der Waals surface area contributed by atoms with E-state index in [-0.39, 0.29) is 17.9 Å². The van der Waals surface area contributed by atoms with Crippen LogP contribution in [0.1, 0.15) is 38.8 Å². The number of hydrogen-bond donors (Lipinski definition) is 1. The zero-order valence-corrected chi connectivity index (χ0v) is 12.8. The van der Waals surface area contributed by atoms with Crippen molar-refractivity contribution in [1.29, 1.82) is 0 Å². The number of benzene rings is 1. The molecule has 0 unspecified atom stereocenters. The van der Waals surface area contributed by atoms with Crippen LogP contribution < -0.4 is 5.32 Å². The van der Waals surface area contributed by atoms with Crippen molar-refractivity contribution in [2.24, 2.45) is 11.8 Å². The number of likely N-dealkylation sites (N-methyl/N-ethyl adjacent to an activating group) is 1. The quantitative estimate of drug-likeness (QED) is 0.829. The fourth-order valence-corrected chi connectivity index (χ4v) is 2.81. The molecular weight excluding hydrogens is 248 g/mol. The van der Waals surface area contributed by atoms with Gasteiger partial charge in [0.2, 0.25) is 5.91 Å². The number of rotatable bonds is 7. The summed E-state index contributed by atoms with van der Waals surface area (Å²) in [6.45, 7) is 9.17. The molecule has 3 nitrogen and oxygen atoms in total. The van der Waals surface area contributed by atoms with Gasteiger partial charge in [-0.15, -0.1) is 0 Å². The van der Waals surface area contributed by atoms with Crippen LogP contribution in [0.25, 0.3) is 0 Å². The zero-order valence-electron chi connectivity index (χ0n) is 12.8.